The maximum absolute atomic E-state index is 10.9. The molecule has 0 saturated heterocycles. The van der Waals surface area contributed by atoms with Crippen molar-refractivity contribution in [2.24, 2.45) is 0 Å². The molecule has 4 nitrogen and oxygen atoms in total. The van der Waals surface area contributed by atoms with E-state index < -0.39 is 11.4 Å². The Labute approximate surface area is 79.6 Å². The van der Waals surface area contributed by atoms with Crippen LogP contribution in [0.1, 0.15) is 18.4 Å². The Hall–Kier alpha value is -1.16. The van der Waals surface area contributed by atoms with E-state index in [9.17, 15) is 4.79 Å². The SMILES string of the molecule is O=C(O)C1(c2cncnc2Cl)CC1. The van der Waals surface area contributed by atoms with E-state index in [2.05, 4.69) is 9.97 Å². The van der Waals surface area contributed by atoms with Crippen molar-refractivity contribution in [3.05, 3.63) is 23.2 Å². The number of aliphatic carboxylic acids is 1. The predicted molar refractivity (Wildman–Crippen MR) is 45.6 cm³/mol. The van der Waals surface area contributed by atoms with Crippen molar-refractivity contribution in [2.75, 3.05) is 0 Å². The molecular formula is C8H7ClN2O2. The van der Waals surface area contributed by atoms with Crippen molar-refractivity contribution >= 4 is 17.6 Å². The van der Waals surface area contributed by atoms with Crippen molar-refractivity contribution in [1.82, 2.24) is 9.97 Å². The van der Waals surface area contributed by atoms with Crippen LogP contribution in [-0.4, -0.2) is 21.0 Å². The van der Waals surface area contributed by atoms with Gasteiger partial charge in [-0.15, -0.1) is 0 Å². The van der Waals surface area contributed by atoms with Crippen LogP contribution in [0.4, 0.5) is 0 Å². The first kappa shape index (κ1) is 8.44. The van der Waals surface area contributed by atoms with Crippen LogP contribution in [0.5, 0.6) is 0 Å². The van der Waals surface area contributed by atoms with Gasteiger partial charge in [-0.05, 0) is 12.8 Å². The van der Waals surface area contributed by atoms with Crippen LogP contribution in [0.2, 0.25) is 5.15 Å². The van der Waals surface area contributed by atoms with Crippen LogP contribution >= 0.6 is 11.6 Å². The maximum Gasteiger partial charge on any atom is 0.314 e. The third-order valence-electron chi connectivity index (χ3n) is 2.34. The second-order valence-electron chi connectivity index (χ2n) is 3.11. The Kier molecular flexibility index (Phi) is 1.73. The molecule has 0 radical (unpaired) electrons. The first-order chi connectivity index (χ1) is 6.17. The van der Waals surface area contributed by atoms with Gasteiger partial charge in [0.1, 0.15) is 11.5 Å². The van der Waals surface area contributed by atoms with E-state index in [1.54, 1.807) is 0 Å². The summed E-state index contributed by atoms with van der Waals surface area (Å²) in [5.74, 6) is -0.843. The number of rotatable bonds is 2. The van der Waals surface area contributed by atoms with Gasteiger partial charge in [-0.1, -0.05) is 11.6 Å². The van der Waals surface area contributed by atoms with Gasteiger partial charge in [0.25, 0.3) is 0 Å². The number of aromatic nitrogens is 2. The molecule has 1 saturated carbocycles. The van der Waals surface area contributed by atoms with E-state index in [1.807, 2.05) is 0 Å². The van der Waals surface area contributed by atoms with Gasteiger partial charge in [-0.25, -0.2) is 9.97 Å². The van der Waals surface area contributed by atoms with Crippen molar-refractivity contribution in [3.63, 3.8) is 0 Å². The number of hydrogen-bond acceptors (Lipinski definition) is 3. The minimum atomic E-state index is -0.843. The molecule has 1 aromatic rings. The van der Waals surface area contributed by atoms with Gasteiger partial charge in [0, 0.05) is 11.8 Å². The minimum Gasteiger partial charge on any atom is -0.481 e. The minimum absolute atomic E-state index is 0.245. The van der Waals surface area contributed by atoms with Gasteiger partial charge >= 0.3 is 5.97 Å². The molecule has 1 heterocycles. The lowest BCUT2D eigenvalue weighted by atomic mass is 10.00. The first-order valence-corrected chi connectivity index (χ1v) is 4.24. The van der Waals surface area contributed by atoms with Crippen molar-refractivity contribution < 1.29 is 9.90 Å². The second-order valence-corrected chi connectivity index (χ2v) is 3.47. The Morgan fingerprint density at radius 1 is 1.62 bits per heavy atom. The third-order valence-corrected chi connectivity index (χ3v) is 2.64. The monoisotopic (exact) mass is 198 g/mol. The van der Waals surface area contributed by atoms with E-state index >= 15 is 0 Å². The molecule has 0 atom stereocenters. The molecule has 1 N–H and O–H groups in total. The molecule has 1 aliphatic carbocycles. The summed E-state index contributed by atoms with van der Waals surface area (Å²) < 4.78 is 0. The highest BCUT2D eigenvalue weighted by Gasteiger charge is 2.53. The van der Waals surface area contributed by atoms with Crippen LogP contribution in [-0.2, 0) is 10.2 Å². The smallest absolute Gasteiger partial charge is 0.314 e. The quantitative estimate of drug-likeness (QED) is 0.727. The molecule has 0 bridgehead atoms. The summed E-state index contributed by atoms with van der Waals surface area (Å²) in [7, 11) is 0. The van der Waals surface area contributed by atoms with E-state index in [0.717, 1.165) is 0 Å². The van der Waals surface area contributed by atoms with Gasteiger partial charge in [-0.3, -0.25) is 4.79 Å². The molecule has 1 fully saturated rings. The lowest BCUT2D eigenvalue weighted by Gasteiger charge is -2.09. The molecule has 2 rings (SSSR count). The highest BCUT2D eigenvalue weighted by molar-refractivity contribution is 6.30. The van der Waals surface area contributed by atoms with E-state index in [0.29, 0.717) is 18.4 Å². The molecule has 0 aromatic carbocycles. The average molecular weight is 199 g/mol. The van der Waals surface area contributed by atoms with Crippen LogP contribution in [0.25, 0.3) is 0 Å². The van der Waals surface area contributed by atoms with Crippen LogP contribution < -0.4 is 0 Å². The van der Waals surface area contributed by atoms with Crippen molar-refractivity contribution in [1.29, 1.82) is 0 Å². The molecule has 13 heavy (non-hydrogen) atoms. The third kappa shape index (κ3) is 1.18. The summed E-state index contributed by atoms with van der Waals surface area (Å²) in [5.41, 5.74) is -0.276. The number of hydrogen-bond donors (Lipinski definition) is 1. The summed E-state index contributed by atoms with van der Waals surface area (Å²) >= 11 is 5.78. The Balaban J connectivity index is 2.47. The predicted octanol–water partition coefficient (Wildman–Crippen LogP) is 1.25. The normalized spacial score (nSPS) is 18.2. The highest BCUT2D eigenvalue weighted by Crippen LogP contribution is 2.49. The fraction of sp³-hybridized carbons (Fsp3) is 0.375. The van der Waals surface area contributed by atoms with E-state index in [4.69, 9.17) is 16.7 Å². The number of nitrogens with zero attached hydrogens (tertiary/aromatic N) is 2. The second kappa shape index (κ2) is 2.67. The molecule has 0 unspecified atom stereocenters. The van der Waals surface area contributed by atoms with Crippen molar-refractivity contribution in [3.8, 4) is 0 Å². The molecule has 0 aliphatic heterocycles. The Morgan fingerprint density at radius 2 is 2.31 bits per heavy atom. The van der Waals surface area contributed by atoms with Crippen LogP contribution in [0, 0.1) is 0 Å². The fourth-order valence-electron chi connectivity index (χ4n) is 1.36. The first-order valence-electron chi connectivity index (χ1n) is 3.86. The van der Waals surface area contributed by atoms with Gasteiger partial charge in [0.05, 0.1) is 5.41 Å². The van der Waals surface area contributed by atoms with E-state index in [1.165, 1.54) is 12.5 Å². The van der Waals surface area contributed by atoms with Crippen LogP contribution in [0.3, 0.4) is 0 Å². The molecule has 0 amide bonds. The lowest BCUT2D eigenvalue weighted by molar-refractivity contribution is -0.140. The van der Waals surface area contributed by atoms with E-state index in [-0.39, 0.29) is 5.15 Å². The zero-order chi connectivity index (χ0) is 9.47. The average Bonchev–Trinajstić information content (AvgIpc) is 2.85. The lowest BCUT2D eigenvalue weighted by Crippen LogP contribution is -2.20. The number of carboxylic acid groups (broad SMARTS) is 1. The number of halogens is 1. The van der Waals surface area contributed by atoms with Gasteiger partial charge in [0.2, 0.25) is 0 Å². The van der Waals surface area contributed by atoms with Gasteiger partial charge < -0.3 is 5.11 Å². The zero-order valence-corrected chi connectivity index (χ0v) is 7.45. The van der Waals surface area contributed by atoms with Crippen LogP contribution in [0.15, 0.2) is 12.5 Å². The Bertz CT molecular complexity index is 363. The van der Waals surface area contributed by atoms with Gasteiger partial charge in [0.15, 0.2) is 0 Å². The maximum atomic E-state index is 10.9. The topological polar surface area (TPSA) is 63.1 Å². The summed E-state index contributed by atoms with van der Waals surface area (Å²) in [6.45, 7) is 0. The summed E-state index contributed by atoms with van der Waals surface area (Å²) in [4.78, 5) is 18.5. The summed E-state index contributed by atoms with van der Waals surface area (Å²) in [6, 6.07) is 0. The highest BCUT2D eigenvalue weighted by atomic mass is 35.5. The summed E-state index contributed by atoms with van der Waals surface area (Å²) in [5, 5.41) is 9.21. The Morgan fingerprint density at radius 3 is 2.77 bits per heavy atom. The molecule has 1 aromatic heterocycles. The number of carbonyl (C=O) groups is 1. The molecular weight excluding hydrogens is 192 g/mol. The standard InChI is InChI=1S/C8H7ClN2O2/c9-6-5(3-10-4-11-6)8(1-2-8)7(12)13/h3-4H,1-2H2,(H,12,13). The molecule has 1 aliphatic rings. The number of carboxylic acids is 1. The molecule has 68 valence electrons. The fourth-order valence-corrected chi connectivity index (χ4v) is 1.63. The zero-order valence-electron chi connectivity index (χ0n) is 6.70. The molecule has 0 spiro atoms. The largest absolute Gasteiger partial charge is 0.481 e. The van der Waals surface area contributed by atoms with Gasteiger partial charge in [-0.2, -0.15) is 0 Å². The molecule has 5 heteroatoms. The van der Waals surface area contributed by atoms with Crippen molar-refractivity contribution in [2.45, 2.75) is 18.3 Å². The summed E-state index contributed by atoms with van der Waals surface area (Å²) in [6.07, 6.45) is 4.03.